The number of thioether (sulfide) groups is 1. The van der Waals surface area contributed by atoms with Gasteiger partial charge in [-0.3, -0.25) is 9.69 Å². The van der Waals surface area contributed by atoms with E-state index in [4.69, 9.17) is 9.47 Å². The third kappa shape index (κ3) is 5.25. The van der Waals surface area contributed by atoms with Gasteiger partial charge in [-0.2, -0.15) is 0 Å². The number of nitrogens with zero attached hydrogens (tertiary/aromatic N) is 3. The summed E-state index contributed by atoms with van der Waals surface area (Å²) in [4.78, 5) is 19.5. The van der Waals surface area contributed by atoms with Crippen molar-refractivity contribution in [2.75, 3.05) is 34.9 Å². The fourth-order valence-electron chi connectivity index (χ4n) is 3.21. The van der Waals surface area contributed by atoms with Crippen LogP contribution in [0.25, 0.3) is 0 Å². The summed E-state index contributed by atoms with van der Waals surface area (Å²) in [5.74, 6) is 1.07. The number of amides is 1. The first-order valence-electron chi connectivity index (χ1n) is 9.95. The summed E-state index contributed by atoms with van der Waals surface area (Å²) in [6, 6.07) is 11.8. The highest BCUT2D eigenvalue weighted by molar-refractivity contribution is 8.14. The van der Waals surface area contributed by atoms with Gasteiger partial charge in [0, 0.05) is 25.9 Å². The first-order chi connectivity index (χ1) is 15.1. The summed E-state index contributed by atoms with van der Waals surface area (Å²) in [5, 5.41) is 0.735. The van der Waals surface area contributed by atoms with Crippen LogP contribution < -0.4 is 9.47 Å². The molecule has 0 aliphatic carbocycles. The van der Waals surface area contributed by atoms with Crippen molar-refractivity contribution in [3.63, 3.8) is 0 Å². The summed E-state index contributed by atoms with van der Waals surface area (Å²) < 4.78 is 36.6. The zero-order chi connectivity index (χ0) is 23.5. The molecule has 8 nitrogen and oxygen atoms in total. The van der Waals surface area contributed by atoms with Crippen LogP contribution in [0.4, 0.5) is 5.69 Å². The summed E-state index contributed by atoms with van der Waals surface area (Å²) in [5.41, 5.74) is 1.28. The number of ether oxygens (including phenoxy) is 2. The highest BCUT2D eigenvalue weighted by atomic mass is 32.2. The second-order valence-electron chi connectivity index (χ2n) is 7.48. The van der Waals surface area contributed by atoms with Gasteiger partial charge in [-0.05, 0) is 35.9 Å². The highest BCUT2D eigenvalue weighted by Crippen LogP contribution is 2.31. The minimum absolute atomic E-state index is 0.0927. The van der Waals surface area contributed by atoms with Crippen molar-refractivity contribution in [2.45, 2.75) is 23.5 Å². The normalized spacial score (nSPS) is 17.8. The topological polar surface area (TPSA) is 88.5 Å². The SMILES string of the molecule is COc1ccc(CC(=O)N2CC(C)SC2=Nc2cccc(S(=O)(=O)N(C)C)c2)cc1OC. The van der Waals surface area contributed by atoms with Gasteiger partial charge >= 0.3 is 0 Å². The number of carbonyl (C=O) groups is 1. The Morgan fingerprint density at radius 2 is 1.88 bits per heavy atom. The number of hydrogen-bond donors (Lipinski definition) is 0. The van der Waals surface area contributed by atoms with Crippen molar-refractivity contribution in [2.24, 2.45) is 4.99 Å². The van der Waals surface area contributed by atoms with Gasteiger partial charge in [0.2, 0.25) is 15.9 Å². The molecule has 0 aromatic heterocycles. The molecule has 172 valence electrons. The fraction of sp³-hybridized carbons (Fsp3) is 0.364. The summed E-state index contributed by atoms with van der Waals surface area (Å²) in [6.45, 7) is 2.56. The molecule has 1 atom stereocenters. The van der Waals surface area contributed by atoms with Gasteiger partial charge in [0.25, 0.3) is 0 Å². The second kappa shape index (κ2) is 9.93. The van der Waals surface area contributed by atoms with E-state index in [1.807, 2.05) is 13.0 Å². The van der Waals surface area contributed by atoms with E-state index in [1.165, 1.54) is 38.0 Å². The van der Waals surface area contributed by atoms with Gasteiger partial charge in [0.15, 0.2) is 16.7 Å². The quantitative estimate of drug-likeness (QED) is 0.609. The van der Waals surface area contributed by atoms with Crippen LogP contribution in [0.15, 0.2) is 52.4 Å². The standard InChI is InChI=1S/C22H27N3O5S2/c1-15-14-25(21(26)12-16-9-10-19(29-4)20(11-16)30-5)22(31-15)23-17-7-6-8-18(13-17)32(27,28)24(2)3/h6-11,13,15H,12,14H2,1-5H3. The number of rotatable bonds is 7. The van der Waals surface area contributed by atoms with Crippen LogP contribution in [0.3, 0.4) is 0 Å². The molecule has 0 spiro atoms. The number of methoxy groups -OCH3 is 2. The van der Waals surface area contributed by atoms with E-state index in [-0.39, 0.29) is 22.5 Å². The summed E-state index contributed by atoms with van der Waals surface area (Å²) in [7, 11) is 2.51. The van der Waals surface area contributed by atoms with Gasteiger partial charge < -0.3 is 9.47 Å². The molecule has 0 N–H and O–H groups in total. The molecule has 32 heavy (non-hydrogen) atoms. The summed E-state index contributed by atoms with van der Waals surface area (Å²) in [6.07, 6.45) is 0.182. The first-order valence-corrected chi connectivity index (χ1v) is 12.3. The maximum atomic E-state index is 13.1. The molecule has 0 saturated carbocycles. The van der Waals surface area contributed by atoms with Crippen molar-refractivity contribution in [3.8, 4) is 11.5 Å². The molecule has 1 unspecified atom stereocenters. The fourth-order valence-corrected chi connectivity index (χ4v) is 5.19. The highest BCUT2D eigenvalue weighted by Gasteiger charge is 2.31. The lowest BCUT2D eigenvalue weighted by molar-refractivity contribution is -0.126. The average Bonchev–Trinajstić information content (AvgIpc) is 3.13. The molecule has 10 heteroatoms. The second-order valence-corrected chi connectivity index (χ2v) is 11.0. The van der Waals surface area contributed by atoms with E-state index in [0.29, 0.717) is 28.9 Å². The van der Waals surface area contributed by atoms with Crippen molar-refractivity contribution in [1.82, 2.24) is 9.21 Å². The molecule has 1 amide bonds. The molecule has 0 bridgehead atoms. The van der Waals surface area contributed by atoms with Gasteiger partial charge in [0.05, 0.1) is 31.2 Å². The Kier molecular flexibility index (Phi) is 7.47. The Bertz CT molecular complexity index is 1130. The van der Waals surface area contributed by atoms with Gasteiger partial charge in [-0.15, -0.1) is 0 Å². The van der Waals surface area contributed by atoms with Crippen molar-refractivity contribution in [1.29, 1.82) is 0 Å². The molecular formula is C22H27N3O5S2. The maximum Gasteiger partial charge on any atom is 0.242 e. The molecule has 2 aromatic carbocycles. The van der Waals surface area contributed by atoms with E-state index < -0.39 is 10.0 Å². The molecule has 1 saturated heterocycles. The van der Waals surface area contributed by atoms with Gasteiger partial charge in [0.1, 0.15) is 0 Å². The van der Waals surface area contributed by atoms with Crippen LogP contribution >= 0.6 is 11.8 Å². The predicted octanol–water partition coefficient (Wildman–Crippen LogP) is 3.15. The smallest absolute Gasteiger partial charge is 0.242 e. The zero-order valence-electron chi connectivity index (χ0n) is 18.7. The minimum atomic E-state index is -3.57. The lowest BCUT2D eigenvalue weighted by atomic mass is 10.1. The van der Waals surface area contributed by atoms with Crippen molar-refractivity contribution >= 4 is 38.5 Å². The molecule has 1 aliphatic heterocycles. The Morgan fingerprint density at radius 1 is 1.16 bits per heavy atom. The molecule has 1 heterocycles. The first kappa shape index (κ1) is 24.1. The van der Waals surface area contributed by atoms with E-state index in [2.05, 4.69) is 4.99 Å². The van der Waals surface area contributed by atoms with E-state index >= 15 is 0 Å². The number of aliphatic imine (C=N–C) groups is 1. The van der Waals surface area contributed by atoms with Crippen LogP contribution in [-0.2, 0) is 21.2 Å². The Labute approximate surface area is 193 Å². The zero-order valence-corrected chi connectivity index (χ0v) is 20.4. The van der Waals surface area contributed by atoms with Gasteiger partial charge in [-0.25, -0.2) is 17.7 Å². The van der Waals surface area contributed by atoms with E-state index in [9.17, 15) is 13.2 Å². The van der Waals surface area contributed by atoms with Crippen LogP contribution in [0, 0.1) is 0 Å². The predicted molar refractivity (Wildman–Crippen MR) is 126 cm³/mol. The monoisotopic (exact) mass is 477 g/mol. The lowest BCUT2D eigenvalue weighted by Gasteiger charge is -2.17. The maximum absolute atomic E-state index is 13.1. The van der Waals surface area contributed by atoms with Crippen molar-refractivity contribution < 1.29 is 22.7 Å². The number of benzene rings is 2. The molecule has 0 radical (unpaired) electrons. The van der Waals surface area contributed by atoms with Gasteiger partial charge in [-0.1, -0.05) is 30.8 Å². The molecule has 3 rings (SSSR count). The Hall–Kier alpha value is -2.56. The third-order valence-electron chi connectivity index (χ3n) is 4.90. The van der Waals surface area contributed by atoms with Crippen LogP contribution in [0.5, 0.6) is 11.5 Å². The molecule has 1 aliphatic rings. The number of sulfonamides is 1. The molecular weight excluding hydrogens is 450 g/mol. The number of carbonyl (C=O) groups excluding carboxylic acids is 1. The average molecular weight is 478 g/mol. The van der Waals surface area contributed by atoms with Crippen LogP contribution in [0.1, 0.15) is 12.5 Å². The largest absolute Gasteiger partial charge is 0.493 e. The summed E-state index contributed by atoms with van der Waals surface area (Å²) >= 11 is 1.49. The molecule has 2 aromatic rings. The Morgan fingerprint density at radius 3 is 2.53 bits per heavy atom. The Balaban J connectivity index is 1.85. The number of amidine groups is 1. The lowest BCUT2D eigenvalue weighted by Crippen LogP contribution is -2.33. The minimum Gasteiger partial charge on any atom is -0.493 e. The third-order valence-corrected chi connectivity index (χ3v) is 7.79. The molecule has 1 fully saturated rings. The van der Waals surface area contributed by atoms with Crippen LogP contribution in [-0.4, -0.2) is 68.8 Å². The van der Waals surface area contributed by atoms with Crippen LogP contribution in [0.2, 0.25) is 0 Å². The number of hydrogen-bond acceptors (Lipinski definition) is 7. The van der Waals surface area contributed by atoms with E-state index in [0.717, 1.165) is 9.87 Å². The van der Waals surface area contributed by atoms with Crippen molar-refractivity contribution in [3.05, 3.63) is 48.0 Å². The van der Waals surface area contributed by atoms with E-state index in [1.54, 1.807) is 43.4 Å².